The molecule has 0 aliphatic rings. The van der Waals surface area contributed by atoms with Crippen molar-refractivity contribution in [1.82, 2.24) is 10.2 Å². The number of nitrogens with one attached hydrogen (secondary N) is 1. The molecule has 3 aromatic rings. The van der Waals surface area contributed by atoms with E-state index in [0.29, 0.717) is 12.1 Å². The number of fused-ring (bicyclic) bond motifs is 1. The van der Waals surface area contributed by atoms with Gasteiger partial charge < -0.3 is 10.2 Å². The molecule has 0 saturated heterocycles. The molecule has 0 fully saturated rings. The van der Waals surface area contributed by atoms with Crippen molar-refractivity contribution in [2.75, 3.05) is 17.1 Å². The van der Waals surface area contributed by atoms with Crippen molar-refractivity contribution < 1.29 is 18.0 Å². The van der Waals surface area contributed by atoms with Crippen LogP contribution in [0.25, 0.3) is 10.8 Å². The molecule has 1 N–H and O–H groups in total. The van der Waals surface area contributed by atoms with Gasteiger partial charge in [-0.25, -0.2) is 8.42 Å². The maximum atomic E-state index is 13.9. The van der Waals surface area contributed by atoms with Crippen LogP contribution in [-0.4, -0.2) is 50.0 Å². The summed E-state index contributed by atoms with van der Waals surface area (Å²) in [5.41, 5.74) is 2.38. The smallest absolute Gasteiger partial charge is 0.244 e. The summed E-state index contributed by atoms with van der Waals surface area (Å²) in [6.45, 7) is 7.52. The van der Waals surface area contributed by atoms with E-state index < -0.39 is 28.5 Å². The van der Waals surface area contributed by atoms with E-state index in [4.69, 9.17) is 0 Å². The lowest BCUT2D eigenvalue weighted by Crippen LogP contribution is -2.53. The summed E-state index contributed by atoms with van der Waals surface area (Å²) in [6.07, 6.45) is 2.25. The van der Waals surface area contributed by atoms with Crippen LogP contribution in [0.15, 0.2) is 66.7 Å². The van der Waals surface area contributed by atoms with Gasteiger partial charge in [-0.3, -0.25) is 13.9 Å². The number of aryl methyl sites for hydroxylation is 1. The Morgan fingerprint density at radius 3 is 2.19 bits per heavy atom. The lowest BCUT2D eigenvalue weighted by atomic mass is 10.1. The normalized spacial score (nSPS) is 13.1. The van der Waals surface area contributed by atoms with E-state index in [-0.39, 0.29) is 18.5 Å². The van der Waals surface area contributed by atoms with Crippen molar-refractivity contribution in [1.29, 1.82) is 0 Å². The lowest BCUT2D eigenvalue weighted by Gasteiger charge is -2.33. The third kappa shape index (κ3) is 7.10. The highest BCUT2D eigenvalue weighted by molar-refractivity contribution is 7.92. The molecule has 37 heavy (non-hydrogen) atoms. The van der Waals surface area contributed by atoms with E-state index in [1.165, 1.54) is 4.90 Å². The average Bonchev–Trinajstić information content (AvgIpc) is 2.87. The van der Waals surface area contributed by atoms with Gasteiger partial charge in [0.05, 0.1) is 11.9 Å². The zero-order valence-electron chi connectivity index (χ0n) is 22.3. The van der Waals surface area contributed by atoms with Crippen LogP contribution < -0.4 is 9.62 Å². The van der Waals surface area contributed by atoms with Gasteiger partial charge in [0.25, 0.3) is 0 Å². The maximum absolute atomic E-state index is 13.9. The van der Waals surface area contributed by atoms with Gasteiger partial charge in [-0.05, 0) is 43.7 Å². The third-order valence-electron chi connectivity index (χ3n) is 6.57. The second-order valence-electron chi connectivity index (χ2n) is 9.52. The van der Waals surface area contributed by atoms with Crippen LogP contribution >= 0.6 is 0 Å². The van der Waals surface area contributed by atoms with Gasteiger partial charge >= 0.3 is 0 Å². The second kappa shape index (κ2) is 12.2. The summed E-state index contributed by atoms with van der Waals surface area (Å²) in [5.74, 6) is -0.682. The predicted molar refractivity (Wildman–Crippen MR) is 150 cm³/mol. The van der Waals surface area contributed by atoms with E-state index >= 15 is 0 Å². The first-order valence-corrected chi connectivity index (χ1v) is 14.5. The Bertz CT molecular complexity index is 1330. The zero-order chi connectivity index (χ0) is 27.2. The lowest BCUT2D eigenvalue weighted by molar-refractivity contribution is -0.140. The summed E-state index contributed by atoms with van der Waals surface area (Å²) in [6, 6.07) is 19.8. The van der Waals surface area contributed by atoms with Crippen LogP contribution in [0.5, 0.6) is 0 Å². The van der Waals surface area contributed by atoms with Gasteiger partial charge in [-0.15, -0.1) is 0 Å². The van der Waals surface area contributed by atoms with Crippen molar-refractivity contribution in [3.05, 3.63) is 77.9 Å². The van der Waals surface area contributed by atoms with Crippen LogP contribution in [-0.2, 0) is 26.2 Å². The summed E-state index contributed by atoms with van der Waals surface area (Å²) in [7, 11) is -3.81. The number of rotatable bonds is 11. The highest BCUT2D eigenvalue weighted by atomic mass is 32.2. The Balaban J connectivity index is 2.01. The van der Waals surface area contributed by atoms with Gasteiger partial charge in [0.2, 0.25) is 21.8 Å². The Hall–Kier alpha value is -3.39. The molecular formula is C29H37N3O4S. The van der Waals surface area contributed by atoms with Crippen LogP contribution in [0.1, 0.15) is 44.7 Å². The summed E-state index contributed by atoms with van der Waals surface area (Å²) >= 11 is 0. The first kappa shape index (κ1) is 28.2. The van der Waals surface area contributed by atoms with Crippen molar-refractivity contribution >= 4 is 38.3 Å². The molecule has 0 aliphatic carbocycles. The molecule has 0 heterocycles. The first-order chi connectivity index (χ1) is 17.5. The molecule has 2 amide bonds. The predicted octanol–water partition coefficient (Wildman–Crippen LogP) is 4.64. The Morgan fingerprint density at radius 2 is 1.57 bits per heavy atom. The minimum Gasteiger partial charge on any atom is -0.352 e. The van der Waals surface area contributed by atoms with E-state index in [0.717, 1.165) is 38.9 Å². The minimum absolute atomic E-state index is 0.0407. The molecule has 0 spiro atoms. The van der Waals surface area contributed by atoms with Crippen molar-refractivity contribution in [3.63, 3.8) is 0 Å². The van der Waals surface area contributed by atoms with Crippen LogP contribution in [0.2, 0.25) is 0 Å². The SMILES string of the molecule is CC[C@H](C(=O)N[C@@H](C)CC)N(Cc1ccc(C)cc1)C(=O)CN(c1cccc2ccccc12)S(C)(=O)=O. The van der Waals surface area contributed by atoms with Crippen LogP contribution in [0.4, 0.5) is 5.69 Å². The molecule has 0 aliphatic heterocycles. The monoisotopic (exact) mass is 523 g/mol. The molecule has 8 heteroatoms. The second-order valence-corrected chi connectivity index (χ2v) is 11.4. The van der Waals surface area contributed by atoms with Gasteiger partial charge in [-0.1, -0.05) is 80.1 Å². The fourth-order valence-corrected chi connectivity index (χ4v) is 5.13. The number of hydrogen-bond donors (Lipinski definition) is 1. The Labute approximate surface area is 220 Å². The first-order valence-electron chi connectivity index (χ1n) is 12.7. The van der Waals surface area contributed by atoms with E-state index in [1.54, 1.807) is 12.1 Å². The van der Waals surface area contributed by atoms with Gasteiger partial charge in [0.1, 0.15) is 12.6 Å². The fraction of sp³-hybridized carbons (Fsp3) is 0.379. The fourth-order valence-electron chi connectivity index (χ4n) is 4.27. The maximum Gasteiger partial charge on any atom is 0.244 e. The molecule has 0 unspecified atom stereocenters. The quantitative estimate of drug-likeness (QED) is 0.397. The number of benzene rings is 3. The highest BCUT2D eigenvalue weighted by Gasteiger charge is 2.32. The zero-order valence-corrected chi connectivity index (χ0v) is 23.1. The molecule has 0 radical (unpaired) electrons. The molecule has 0 saturated carbocycles. The molecule has 198 valence electrons. The van der Waals surface area contributed by atoms with Crippen molar-refractivity contribution in [2.45, 2.75) is 59.2 Å². The van der Waals surface area contributed by atoms with Gasteiger partial charge in [0, 0.05) is 18.0 Å². The molecule has 2 atom stereocenters. The van der Waals surface area contributed by atoms with Gasteiger partial charge in [0.15, 0.2) is 0 Å². The number of carbonyl (C=O) groups is 2. The number of carbonyl (C=O) groups excluding carboxylic acids is 2. The third-order valence-corrected chi connectivity index (χ3v) is 7.70. The number of anilines is 1. The number of sulfonamides is 1. The summed E-state index contributed by atoms with van der Waals surface area (Å²) < 4.78 is 27.1. The average molecular weight is 524 g/mol. The molecule has 3 rings (SSSR count). The van der Waals surface area contributed by atoms with Crippen molar-refractivity contribution in [2.24, 2.45) is 0 Å². The Kier molecular flexibility index (Phi) is 9.32. The van der Waals surface area contributed by atoms with Crippen LogP contribution in [0, 0.1) is 6.92 Å². The largest absolute Gasteiger partial charge is 0.352 e. The van der Waals surface area contributed by atoms with Gasteiger partial charge in [-0.2, -0.15) is 0 Å². The standard InChI is InChI=1S/C29H37N3O4S/c1-6-22(4)30-29(34)26(7-2)31(19-23-17-15-21(3)16-18-23)28(33)20-32(37(5,35)36)27-14-10-12-24-11-8-9-13-25(24)27/h8-18,22,26H,6-7,19-20H2,1-5H3,(H,30,34)/t22-,26+/m0/s1. The molecule has 3 aromatic carbocycles. The number of nitrogens with zero attached hydrogens (tertiary/aromatic N) is 2. The minimum atomic E-state index is -3.81. The van der Waals surface area contributed by atoms with E-state index in [2.05, 4.69) is 5.32 Å². The summed E-state index contributed by atoms with van der Waals surface area (Å²) in [4.78, 5) is 28.6. The number of hydrogen-bond acceptors (Lipinski definition) is 4. The Morgan fingerprint density at radius 1 is 0.919 bits per heavy atom. The van der Waals surface area contributed by atoms with E-state index in [9.17, 15) is 18.0 Å². The van der Waals surface area contributed by atoms with E-state index in [1.807, 2.05) is 82.3 Å². The molecule has 7 nitrogen and oxygen atoms in total. The topological polar surface area (TPSA) is 86.8 Å². The molecular weight excluding hydrogens is 486 g/mol. The highest BCUT2D eigenvalue weighted by Crippen LogP contribution is 2.29. The summed E-state index contributed by atoms with van der Waals surface area (Å²) in [5, 5.41) is 4.59. The number of amides is 2. The molecule has 0 aromatic heterocycles. The molecule has 0 bridgehead atoms. The van der Waals surface area contributed by atoms with Crippen molar-refractivity contribution in [3.8, 4) is 0 Å². The van der Waals surface area contributed by atoms with Crippen LogP contribution in [0.3, 0.4) is 0 Å².